The van der Waals surface area contributed by atoms with Crippen LogP contribution < -0.4 is 5.73 Å². The minimum Gasteiger partial charge on any atom is -0.330 e. The molecule has 2 N–H and O–H groups in total. The van der Waals surface area contributed by atoms with Gasteiger partial charge in [0.15, 0.2) is 0 Å². The van der Waals surface area contributed by atoms with Gasteiger partial charge in [-0.25, -0.2) is 0 Å². The van der Waals surface area contributed by atoms with Crippen LogP contribution in [0.3, 0.4) is 0 Å². The summed E-state index contributed by atoms with van der Waals surface area (Å²) in [5, 5.41) is 10.6. The highest BCUT2D eigenvalue weighted by Gasteiger charge is 2.17. The van der Waals surface area contributed by atoms with Gasteiger partial charge >= 0.3 is 0 Å². The molecule has 0 bridgehead atoms. The fraction of sp³-hybridized carbons (Fsp3) is 0.333. The number of hydrogen-bond acceptors (Lipinski definition) is 4. The maximum atomic E-state index is 11.7. The molecule has 0 radical (unpaired) electrons. The van der Waals surface area contributed by atoms with Crippen LogP contribution in [0, 0.1) is 10.1 Å². The molecule has 0 amide bonds. The van der Waals surface area contributed by atoms with Crippen LogP contribution in [-0.2, 0) is 10.8 Å². The van der Waals surface area contributed by atoms with Gasteiger partial charge in [-0.3, -0.25) is 14.3 Å². The van der Waals surface area contributed by atoms with Crippen molar-refractivity contribution in [2.75, 3.05) is 12.3 Å². The maximum Gasteiger partial charge on any atom is 0.285 e. The summed E-state index contributed by atoms with van der Waals surface area (Å²) in [4.78, 5) is 10.4. The van der Waals surface area contributed by atoms with Crippen molar-refractivity contribution < 1.29 is 9.13 Å². The number of nitrogens with zero attached hydrogens (tertiary/aromatic N) is 1. The Morgan fingerprint density at radius 2 is 2.07 bits per heavy atom. The molecule has 82 valence electrons. The molecule has 0 saturated carbocycles. The number of nitro groups is 1. The molecule has 1 unspecified atom stereocenters. The van der Waals surface area contributed by atoms with Gasteiger partial charge in [0, 0.05) is 11.8 Å². The zero-order valence-corrected chi connectivity index (χ0v) is 8.90. The SMILES string of the molecule is NCCCS(=O)c1ccccc1[N+](=O)[O-]. The Hall–Kier alpha value is -1.27. The van der Waals surface area contributed by atoms with Crippen LogP contribution >= 0.6 is 0 Å². The van der Waals surface area contributed by atoms with Gasteiger partial charge in [0.05, 0.1) is 15.7 Å². The van der Waals surface area contributed by atoms with Gasteiger partial charge in [0.1, 0.15) is 4.90 Å². The minimum absolute atomic E-state index is 0.0899. The summed E-state index contributed by atoms with van der Waals surface area (Å²) < 4.78 is 11.7. The highest BCUT2D eigenvalue weighted by atomic mass is 32.2. The second-order valence-corrected chi connectivity index (χ2v) is 4.46. The third-order valence-corrected chi connectivity index (χ3v) is 3.34. The fourth-order valence-electron chi connectivity index (χ4n) is 1.12. The summed E-state index contributed by atoms with van der Waals surface area (Å²) >= 11 is 0. The molecular formula is C9H12N2O3S. The van der Waals surface area contributed by atoms with Crippen LogP contribution in [0.1, 0.15) is 6.42 Å². The molecule has 6 heteroatoms. The summed E-state index contributed by atoms with van der Waals surface area (Å²) in [5.41, 5.74) is 5.19. The second-order valence-electron chi connectivity index (χ2n) is 2.92. The Labute approximate surface area is 89.9 Å². The predicted molar refractivity (Wildman–Crippen MR) is 58.0 cm³/mol. The zero-order valence-electron chi connectivity index (χ0n) is 8.09. The lowest BCUT2D eigenvalue weighted by atomic mass is 10.3. The van der Waals surface area contributed by atoms with Gasteiger partial charge in [-0.1, -0.05) is 12.1 Å². The van der Waals surface area contributed by atoms with Crippen LogP contribution in [0.25, 0.3) is 0 Å². The number of hydrogen-bond donors (Lipinski definition) is 1. The zero-order chi connectivity index (χ0) is 11.3. The van der Waals surface area contributed by atoms with E-state index >= 15 is 0 Å². The number of rotatable bonds is 5. The topological polar surface area (TPSA) is 86.2 Å². The van der Waals surface area contributed by atoms with Crippen molar-refractivity contribution in [3.63, 3.8) is 0 Å². The summed E-state index contributed by atoms with van der Waals surface area (Å²) in [6.45, 7) is 0.437. The van der Waals surface area contributed by atoms with Crippen molar-refractivity contribution in [1.29, 1.82) is 0 Å². The Bertz CT molecular complexity index is 381. The van der Waals surface area contributed by atoms with E-state index in [1.807, 2.05) is 0 Å². The molecule has 0 aromatic heterocycles. The van der Waals surface area contributed by atoms with E-state index in [2.05, 4.69) is 0 Å². The molecule has 1 rings (SSSR count). The van der Waals surface area contributed by atoms with E-state index in [4.69, 9.17) is 5.73 Å². The average molecular weight is 228 g/mol. The van der Waals surface area contributed by atoms with Crippen LogP contribution in [-0.4, -0.2) is 21.4 Å². The summed E-state index contributed by atoms with van der Waals surface area (Å²) in [5.74, 6) is 0.362. The molecule has 0 aliphatic heterocycles. The number of nitrogens with two attached hydrogens (primary N) is 1. The molecular weight excluding hydrogens is 216 g/mol. The van der Waals surface area contributed by atoms with Gasteiger partial charge in [0.25, 0.3) is 5.69 Å². The largest absolute Gasteiger partial charge is 0.330 e. The number of nitro benzene ring substituents is 1. The van der Waals surface area contributed by atoms with E-state index in [0.29, 0.717) is 18.7 Å². The molecule has 0 aliphatic rings. The molecule has 0 spiro atoms. The third-order valence-electron chi connectivity index (χ3n) is 1.84. The van der Waals surface area contributed by atoms with Gasteiger partial charge < -0.3 is 5.73 Å². The Balaban J connectivity index is 2.92. The predicted octanol–water partition coefficient (Wildman–Crippen LogP) is 1.05. The second kappa shape index (κ2) is 5.57. The fourth-order valence-corrected chi connectivity index (χ4v) is 2.38. The average Bonchev–Trinajstić information content (AvgIpc) is 2.25. The maximum absolute atomic E-state index is 11.7. The minimum atomic E-state index is -1.34. The van der Waals surface area contributed by atoms with Crippen molar-refractivity contribution in [2.45, 2.75) is 11.3 Å². The van der Waals surface area contributed by atoms with E-state index < -0.39 is 15.7 Å². The van der Waals surface area contributed by atoms with Crippen molar-refractivity contribution in [1.82, 2.24) is 0 Å². The van der Waals surface area contributed by atoms with Gasteiger partial charge in [0.2, 0.25) is 0 Å². The molecule has 1 aromatic rings. The van der Waals surface area contributed by atoms with E-state index in [1.165, 1.54) is 12.1 Å². The lowest BCUT2D eigenvalue weighted by molar-refractivity contribution is -0.387. The molecule has 0 fully saturated rings. The third kappa shape index (κ3) is 3.10. The molecule has 1 atom stereocenters. The Morgan fingerprint density at radius 1 is 1.40 bits per heavy atom. The first-order valence-electron chi connectivity index (χ1n) is 4.48. The highest BCUT2D eigenvalue weighted by molar-refractivity contribution is 7.85. The monoisotopic (exact) mass is 228 g/mol. The highest BCUT2D eigenvalue weighted by Crippen LogP contribution is 2.21. The first-order chi connectivity index (χ1) is 7.16. The van der Waals surface area contributed by atoms with Crippen molar-refractivity contribution >= 4 is 16.5 Å². The van der Waals surface area contributed by atoms with Crippen molar-refractivity contribution in [3.8, 4) is 0 Å². The summed E-state index contributed by atoms with van der Waals surface area (Å²) in [6, 6.07) is 6.07. The molecule has 0 aliphatic carbocycles. The van der Waals surface area contributed by atoms with Crippen molar-refractivity contribution in [2.24, 2.45) is 5.73 Å². The lowest BCUT2D eigenvalue weighted by Crippen LogP contribution is -2.07. The normalized spacial score (nSPS) is 12.3. The van der Waals surface area contributed by atoms with Gasteiger partial charge in [-0.2, -0.15) is 0 Å². The quantitative estimate of drug-likeness (QED) is 0.603. The van der Waals surface area contributed by atoms with E-state index in [9.17, 15) is 14.3 Å². The first-order valence-corrected chi connectivity index (χ1v) is 5.80. The van der Waals surface area contributed by atoms with Gasteiger partial charge in [-0.05, 0) is 19.0 Å². The van der Waals surface area contributed by atoms with Crippen LogP contribution in [0.15, 0.2) is 29.2 Å². The molecule has 15 heavy (non-hydrogen) atoms. The number of benzene rings is 1. The van der Waals surface area contributed by atoms with Crippen LogP contribution in [0.2, 0.25) is 0 Å². The van der Waals surface area contributed by atoms with E-state index in [0.717, 1.165) is 0 Å². The van der Waals surface area contributed by atoms with Crippen LogP contribution in [0.4, 0.5) is 5.69 Å². The Kier molecular flexibility index (Phi) is 4.38. The standard InChI is InChI=1S/C9H12N2O3S/c10-6-3-7-15(14)9-5-2-1-4-8(9)11(12)13/h1-2,4-5H,3,6-7,10H2. The Morgan fingerprint density at radius 3 is 2.67 bits per heavy atom. The van der Waals surface area contributed by atoms with Crippen LogP contribution in [0.5, 0.6) is 0 Å². The van der Waals surface area contributed by atoms with Gasteiger partial charge in [-0.15, -0.1) is 0 Å². The van der Waals surface area contributed by atoms with E-state index in [1.54, 1.807) is 12.1 Å². The summed E-state index contributed by atoms with van der Waals surface area (Å²) in [6.07, 6.45) is 0.596. The first kappa shape index (κ1) is 11.8. The molecule has 5 nitrogen and oxygen atoms in total. The lowest BCUT2D eigenvalue weighted by Gasteiger charge is -2.01. The summed E-state index contributed by atoms with van der Waals surface area (Å²) in [7, 11) is -1.34. The van der Waals surface area contributed by atoms with Crippen molar-refractivity contribution in [3.05, 3.63) is 34.4 Å². The van der Waals surface area contributed by atoms with E-state index in [-0.39, 0.29) is 10.6 Å². The molecule has 1 aromatic carbocycles. The number of para-hydroxylation sites is 1. The smallest absolute Gasteiger partial charge is 0.285 e. The molecule has 0 heterocycles. The molecule has 0 saturated heterocycles.